The standard InChI is InChI=1S/C34H46ClFN8O5S/c1-22(2)44(23(3)4)33(45)27-14-24(36)6-9-28(27)49-29-15-37-21-38-32(29)43-19-34(20-43)10-12-42(13-11-34)17-26-8-7-25(18-48-26)40-50(46,47)30-16-39-41(5)31(30)35/h6,9,14-16,21-23,25-26,40H,7-8,10-13,17-20H2,1-5H3/t25-,26+/m1/s1. The Morgan fingerprint density at radius 2 is 1.86 bits per heavy atom. The summed E-state index contributed by atoms with van der Waals surface area (Å²) in [7, 11) is -2.20. The van der Waals surface area contributed by atoms with Crippen LogP contribution in [0.15, 0.2) is 41.8 Å². The van der Waals surface area contributed by atoms with E-state index in [9.17, 15) is 17.6 Å². The highest BCUT2D eigenvalue weighted by molar-refractivity contribution is 7.89. The van der Waals surface area contributed by atoms with Gasteiger partial charge >= 0.3 is 0 Å². The molecule has 3 saturated heterocycles. The smallest absolute Gasteiger partial charge is 0.258 e. The van der Waals surface area contributed by atoms with Crippen molar-refractivity contribution in [2.24, 2.45) is 12.5 Å². The molecule has 3 fully saturated rings. The molecule has 1 aromatic carbocycles. The van der Waals surface area contributed by atoms with E-state index in [0.717, 1.165) is 52.0 Å². The number of hydrogen-bond donors (Lipinski definition) is 1. The van der Waals surface area contributed by atoms with Crippen molar-refractivity contribution >= 4 is 33.3 Å². The van der Waals surface area contributed by atoms with Gasteiger partial charge in [0.05, 0.1) is 30.7 Å². The molecule has 0 unspecified atom stereocenters. The molecule has 6 rings (SSSR count). The number of nitrogens with one attached hydrogen (secondary N) is 1. The maximum absolute atomic E-state index is 14.4. The molecular weight excluding hydrogens is 687 g/mol. The average Bonchev–Trinajstić information content (AvgIpc) is 3.40. The van der Waals surface area contributed by atoms with Crippen LogP contribution in [0.2, 0.25) is 5.15 Å². The minimum atomic E-state index is -3.79. The topological polar surface area (TPSA) is 135 Å². The van der Waals surface area contributed by atoms with E-state index < -0.39 is 15.8 Å². The van der Waals surface area contributed by atoms with E-state index in [0.29, 0.717) is 24.6 Å². The van der Waals surface area contributed by atoms with Gasteiger partial charge in [-0.2, -0.15) is 5.10 Å². The summed E-state index contributed by atoms with van der Waals surface area (Å²) < 4.78 is 56.4. The number of piperidine rings is 1. The van der Waals surface area contributed by atoms with Gasteiger partial charge in [0, 0.05) is 50.2 Å². The molecule has 13 nitrogen and oxygen atoms in total. The summed E-state index contributed by atoms with van der Waals surface area (Å²) >= 11 is 6.11. The summed E-state index contributed by atoms with van der Waals surface area (Å²) in [6.07, 6.45) is 7.87. The first-order valence-electron chi connectivity index (χ1n) is 17.1. The minimum Gasteiger partial charge on any atom is -0.451 e. The Kier molecular flexibility index (Phi) is 10.7. The van der Waals surface area contributed by atoms with Crippen LogP contribution in [0.25, 0.3) is 0 Å². The number of halogens is 2. The lowest BCUT2D eigenvalue weighted by molar-refractivity contribution is -0.0299. The number of sulfonamides is 1. The van der Waals surface area contributed by atoms with E-state index in [2.05, 4.69) is 29.6 Å². The number of benzene rings is 1. The van der Waals surface area contributed by atoms with Crippen LogP contribution in [0.3, 0.4) is 0 Å². The van der Waals surface area contributed by atoms with Crippen LogP contribution >= 0.6 is 11.6 Å². The molecule has 5 heterocycles. The van der Waals surface area contributed by atoms with Crippen molar-refractivity contribution in [3.05, 3.63) is 53.5 Å². The van der Waals surface area contributed by atoms with Crippen LogP contribution < -0.4 is 14.4 Å². The number of ether oxygens (including phenoxy) is 2. The Labute approximate surface area is 298 Å². The van der Waals surface area contributed by atoms with Gasteiger partial charge in [-0.15, -0.1) is 0 Å². The molecule has 16 heteroatoms. The van der Waals surface area contributed by atoms with Crippen LogP contribution in [0.5, 0.6) is 11.5 Å². The summed E-state index contributed by atoms with van der Waals surface area (Å²) in [6.45, 7) is 12.4. The molecule has 3 aromatic rings. The summed E-state index contributed by atoms with van der Waals surface area (Å²) in [5.74, 6) is 0.509. The van der Waals surface area contributed by atoms with Gasteiger partial charge in [0.1, 0.15) is 27.9 Å². The molecule has 2 aromatic heterocycles. The Hall–Kier alpha value is -3.37. The number of carbonyl (C=O) groups is 1. The van der Waals surface area contributed by atoms with Crippen molar-refractivity contribution in [1.82, 2.24) is 34.3 Å². The van der Waals surface area contributed by atoms with Gasteiger partial charge in [0.25, 0.3) is 5.91 Å². The number of likely N-dealkylation sites (tertiary alicyclic amines) is 1. The molecule has 0 bridgehead atoms. The fourth-order valence-electron chi connectivity index (χ4n) is 7.34. The lowest BCUT2D eigenvalue weighted by atomic mass is 9.72. The van der Waals surface area contributed by atoms with Crippen LogP contribution in [0.4, 0.5) is 10.2 Å². The zero-order valence-corrected chi connectivity index (χ0v) is 30.8. The van der Waals surface area contributed by atoms with Gasteiger partial charge in [0.15, 0.2) is 11.6 Å². The SMILES string of the molecule is CC(C)N(C(=O)c1cc(F)ccc1Oc1cncnc1N1CC2(CCN(C[C@@H]3CC[C@@H](NS(=O)(=O)c4cnn(C)c4Cl)CO3)CC2)C1)C(C)C. The lowest BCUT2D eigenvalue weighted by Crippen LogP contribution is -2.61. The highest BCUT2D eigenvalue weighted by Gasteiger charge is 2.46. The minimum absolute atomic E-state index is 0.0298. The Bertz CT molecular complexity index is 1780. The summed E-state index contributed by atoms with van der Waals surface area (Å²) in [5, 5.41) is 4.00. The monoisotopic (exact) mass is 732 g/mol. The first kappa shape index (κ1) is 36.4. The largest absolute Gasteiger partial charge is 0.451 e. The van der Waals surface area contributed by atoms with Gasteiger partial charge in [-0.1, -0.05) is 11.6 Å². The molecule has 1 amide bonds. The first-order valence-corrected chi connectivity index (χ1v) is 19.0. The van der Waals surface area contributed by atoms with Gasteiger partial charge in [-0.3, -0.25) is 9.48 Å². The van der Waals surface area contributed by atoms with Crippen molar-refractivity contribution in [3.8, 4) is 11.5 Å². The lowest BCUT2D eigenvalue weighted by Gasteiger charge is -2.54. The average molecular weight is 733 g/mol. The second kappa shape index (κ2) is 14.7. The zero-order chi connectivity index (χ0) is 35.8. The summed E-state index contributed by atoms with van der Waals surface area (Å²) in [6, 6.07) is 3.52. The normalized spacial score (nSPS) is 21.1. The third-order valence-corrected chi connectivity index (χ3v) is 12.0. The van der Waals surface area contributed by atoms with Gasteiger partial charge in [-0.05, 0) is 84.7 Å². The van der Waals surface area contributed by atoms with Crippen LogP contribution in [-0.2, 0) is 21.8 Å². The zero-order valence-electron chi connectivity index (χ0n) is 29.2. The fourth-order valence-corrected chi connectivity index (χ4v) is 9.03. The third-order valence-electron chi connectivity index (χ3n) is 9.95. The molecule has 1 N–H and O–H groups in total. The van der Waals surface area contributed by atoms with E-state index in [1.54, 1.807) is 18.1 Å². The van der Waals surface area contributed by atoms with E-state index in [1.807, 2.05) is 27.7 Å². The number of aryl methyl sites for hydroxylation is 1. The predicted octanol–water partition coefficient (Wildman–Crippen LogP) is 4.48. The number of nitrogens with zero attached hydrogens (tertiary/aromatic N) is 7. The highest BCUT2D eigenvalue weighted by Crippen LogP contribution is 2.45. The number of anilines is 1. The molecule has 0 radical (unpaired) electrons. The van der Waals surface area contributed by atoms with Crippen molar-refractivity contribution in [2.45, 2.75) is 82.5 Å². The summed E-state index contributed by atoms with van der Waals surface area (Å²) in [5.41, 5.74) is 0.317. The number of amides is 1. The van der Waals surface area contributed by atoms with Gasteiger partial charge in [-0.25, -0.2) is 27.5 Å². The molecular formula is C34H46ClFN8O5S. The molecule has 3 aliphatic rings. The van der Waals surface area contributed by atoms with Crippen molar-refractivity contribution in [1.29, 1.82) is 0 Å². The maximum Gasteiger partial charge on any atom is 0.258 e. The van der Waals surface area contributed by atoms with Crippen LogP contribution in [-0.4, -0.2) is 107 Å². The van der Waals surface area contributed by atoms with Crippen LogP contribution in [0, 0.1) is 11.2 Å². The quantitative estimate of drug-likeness (QED) is 0.301. The summed E-state index contributed by atoms with van der Waals surface area (Å²) in [4.78, 5) is 28.6. The molecule has 3 aliphatic heterocycles. The van der Waals surface area contributed by atoms with Crippen molar-refractivity contribution in [2.75, 3.05) is 44.2 Å². The van der Waals surface area contributed by atoms with Gasteiger partial charge < -0.3 is 24.2 Å². The third kappa shape index (κ3) is 7.76. The van der Waals surface area contributed by atoms with E-state index in [1.165, 1.54) is 35.4 Å². The van der Waals surface area contributed by atoms with Crippen molar-refractivity contribution in [3.63, 3.8) is 0 Å². The fraction of sp³-hybridized carbons (Fsp3) is 0.588. The number of rotatable bonds is 11. The molecule has 272 valence electrons. The van der Waals surface area contributed by atoms with E-state index in [-0.39, 0.29) is 56.9 Å². The Balaban J connectivity index is 1.01. The maximum atomic E-state index is 14.4. The predicted molar refractivity (Wildman–Crippen MR) is 187 cm³/mol. The van der Waals surface area contributed by atoms with E-state index in [4.69, 9.17) is 21.1 Å². The number of hydrogen-bond acceptors (Lipinski definition) is 10. The number of aromatic nitrogens is 4. The van der Waals surface area contributed by atoms with Crippen LogP contribution in [0.1, 0.15) is 63.7 Å². The first-order chi connectivity index (χ1) is 23.7. The molecule has 1 spiro atoms. The second-order valence-corrected chi connectivity index (χ2v) is 16.3. The Morgan fingerprint density at radius 3 is 2.48 bits per heavy atom. The second-order valence-electron chi connectivity index (χ2n) is 14.3. The molecule has 0 aliphatic carbocycles. The van der Waals surface area contributed by atoms with E-state index >= 15 is 0 Å². The molecule has 50 heavy (non-hydrogen) atoms. The highest BCUT2D eigenvalue weighted by atomic mass is 35.5. The van der Waals surface area contributed by atoms with Crippen molar-refractivity contribution < 1.29 is 27.1 Å². The molecule has 2 atom stereocenters. The molecule has 0 saturated carbocycles. The van der Waals surface area contributed by atoms with Gasteiger partial charge in [0.2, 0.25) is 10.0 Å². The Morgan fingerprint density at radius 1 is 1.14 bits per heavy atom. The number of carbonyl (C=O) groups excluding carboxylic acids is 1.